The summed E-state index contributed by atoms with van der Waals surface area (Å²) in [6.45, 7) is 1.95. The fourth-order valence-corrected chi connectivity index (χ4v) is 4.17. The van der Waals surface area contributed by atoms with Crippen LogP contribution in [0.3, 0.4) is 0 Å². The average molecular weight is 398 g/mol. The maximum absolute atomic E-state index is 13.1. The number of carbonyl (C=O) groups excluding carboxylic acids is 2. The normalized spacial score (nSPS) is 20.4. The zero-order valence-electron chi connectivity index (χ0n) is 15.9. The molecule has 1 atom stereocenters. The molecule has 8 heteroatoms. The molecule has 1 spiro atoms. The van der Waals surface area contributed by atoms with Crippen LogP contribution in [0.25, 0.3) is 0 Å². The highest BCUT2D eigenvalue weighted by atomic mass is 19.1. The number of urea groups is 1. The van der Waals surface area contributed by atoms with Gasteiger partial charge in [0.05, 0.1) is 17.8 Å². The van der Waals surface area contributed by atoms with Crippen molar-refractivity contribution in [1.29, 1.82) is 0 Å². The highest BCUT2D eigenvalue weighted by Crippen LogP contribution is 2.45. The summed E-state index contributed by atoms with van der Waals surface area (Å²) in [6, 6.07) is 8.87. The van der Waals surface area contributed by atoms with Gasteiger partial charge in [-0.2, -0.15) is 0 Å². The van der Waals surface area contributed by atoms with Gasteiger partial charge < -0.3 is 20.3 Å². The Labute approximate surface area is 168 Å². The number of likely N-dealkylation sites (tertiary alicyclic amines) is 1. The Balaban J connectivity index is 1.50. The molecule has 29 heavy (non-hydrogen) atoms. The average Bonchev–Trinajstić information content (AvgIpc) is 3.10. The van der Waals surface area contributed by atoms with Crippen LogP contribution in [0.4, 0.5) is 20.6 Å². The van der Waals surface area contributed by atoms with Gasteiger partial charge in [-0.15, -0.1) is 0 Å². The van der Waals surface area contributed by atoms with Gasteiger partial charge in [-0.25, -0.2) is 9.18 Å². The summed E-state index contributed by atoms with van der Waals surface area (Å²) >= 11 is 0. The monoisotopic (exact) mass is 398 g/mol. The summed E-state index contributed by atoms with van der Waals surface area (Å²) in [4.78, 5) is 31.6. The summed E-state index contributed by atoms with van der Waals surface area (Å²) < 4.78 is 18.6. The maximum atomic E-state index is 13.1. The molecule has 2 saturated heterocycles. The minimum Gasteiger partial charge on any atom is -0.381 e. The van der Waals surface area contributed by atoms with Crippen LogP contribution in [0.1, 0.15) is 12.8 Å². The minimum absolute atomic E-state index is 0.114. The SMILES string of the molecule is O=C(Nc1cccnc1)[C@@H]1CN(C(=O)Nc2ccc(F)cc2)CC12CCOCC2. The second-order valence-corrected chi connectivity index (χ2v) is 7.58. The Kier molecular flexibility index (Phi) is 5.44. The molecule has 3 heterocycles. The van der Waals surface area contributed by atoms with Gasteiger partial charge in [0.1, 0.15) is 5.82 Å². The first-order chi connectivity index (χ1) is 14.1. The van der Waals surface area contributed by atoms with Gasteiger partial charge in [-0.05, 0) is 49.2 Å². The molecular formula is C21H23FN4O3. The van der Waals surface area contributed by atoms with Gasteiger partial charge in [0.15, 0.2) is 0 Å². The summed E-state index contributed by atoms with van der Waals surface area (Å²) in [7, 11) is 0. The van der Waals surface area contributed by atoms with Crippen molar-refractivity contribution >= 4 is 23.3 Å². The van der Waals surface area contributed by atoms with Gasteiger partial charge >= 0.3 is 6.03 Å². The molecule has 0 unspecified atom stereocenters. The second kappa shape index (κ2) is 8.16. The molecule has 2 aromatic rings. The summed E-state index contributed by atoms with van der Waals surface area (Å²) in [5, 5.41) is 5.72. The van der Waals surface area contributed by atoms with Gasteiger partial charge in [0, 0.05) is 43.6 Å². The molecule has 7 nitrogen and oxygen atoms in total. The standard InChI is InChI=1S/C21H23FN4O3/c22-15-3-5-16(6-4-15)25-20(28)26-13-18(21(14-26)7-10-29-11-8-21)19(27)24-17-2-1-9-23-12-17/h1-6,9,12,18H,7-8,10-11,13-14H2,(H,24,27)(H,25,28)/t18-/m0/s1. The lowest BCUT2D eigenvalue weighted by Crippen LogP contribution is -2.42. The number of aromatic nitrogens is 1. The van der Waals surface area contributed by atoms with Crippen LogP contribution < -0.4 is 10.6 Å². The Morgan fingerprint density at radius 3 is 2.55 bits per heavy atom. The summed E-state index contributed by atoms with van der Waals surface area (Å²) in [6.07, 6.45) is 4.69. The van der Waals surface area contributed by atoms with E-state index in [-0.39, 0.29) is 29.1 Å². The Morgan fingerprint density at radius 1 is 1.10 bits per heavy atom. The number of hydrogen-bond acceptors (Lipinski definition) is 4. The van der Waals surface area contributed by atoms with E-state index in [1.54, 1.807) is 29.4 Å². The van der Waals surface area contributed by atoms with Crippen LogP contribution in [0.15, 0.2) is 48.8 Å². The van der Waals surface area contributed by atoms with Crippen molar-refractivity contribution in [3.05, 3.63) is 54.6 Å². The van der Waals surface area contributed by atoms with Gasteiger partial charge in [-0.1, -0.05) is 0 Å². The molecule has 1 aromatic carbocycles. The fourth-order valence-electron chi connectivity index (χ4n) is 4.17. The predicted molar refractivity (Wildman–Crippen MR) is 106 cm³/mol. The fraction of sp³-hybridized carbons (Fsp3) is 0.381. The van der Waals surface area contributed by atoms with Gasteiger partial charge in [-0.3, -0.25) is 9.78 Å². The van der Waals surface area contributed by atoms with E-state index in [2.05, 4.69) is 15.6 Å². The number of halogens is 1. The number of nitrogens with zero attached hydrogens (tertiary/aromatic N) is 2. The Bertz CT molecular complexity index is 869. The Hall–Kier alpha value is -3.00. The number of hydrogen-bond donors (Lipinski definition) is 2. The molecule has 1 aromatic heterocycles. The van der Waals surface area contributed by atoms with Crippen molar-refractivity contribution in [3.8, 4) is 0 Å². The highest BCUT2D eigenvalue weighted by Gasteiger charge is 2.51. The van der Waals surface area contributed by atoms with E-state index in [1.807, 2.05) is 0 Å². The summed E-state index contributed by atoms with van der Waals surface area (Å²) in [5.74, 6) is -0.819. The third-order valence-corrected chi connectivity index (χ3v) is 5.76. The number of nitrogens with one attached hydrogen (secondary N) is 2. The van der Waals surface area contributed by atoms with E-state index in [9.17, 15) is 14.0 Å². The zero-order chi connectivity index (χ0) is 20.3. The molecule has 2 fully saturated rings. The topological polar surface area (TPSA) is 83.6 Å². The maximum Gasteiger partial charge on any atom is 0.321 e. The minimum atomic E-state index is -0.363. The third kappa shape index (κ3) is 4.22. The van der Waals surface area contributed by atoms with Crippen molar-refractivity contribution in [3.63, 3.8) is 0 Å². The molecule has 2 N–H and O–H groups in total. The van der Waals surface area contributed by atoms with Crippen molar-refractivity contribution in [2.75, 3.05) is 36.9 Å². The molecule has 2 aliphatic heterocycles. The molecule has 152 valence electrons. The van der Waals surface area contributed by atoms with Crippen molar-refractivity contribution < 1.29 is 18.7 Å². The largest absolute Gasteiger partial charge is 0.381 e. The highest BCUT2D eigenvalue weighted by molar-refractivity contribution is 5.95. The van der Waals surface area contributed by atoms with Crippen molar-refractivity contribution in [2.45, 2.75) is 12.8 Å². The third-order valence-electron chi connectivity index (χ3n) is 5.76. The summed E-state index contributed by atoms with van der Waals surface area (Å²) in [5.41, 5.74) is 0.833. The van der Waals surface area contributed by atoms with Crippen molar-refractivity contribution in [2.24, 2.45) is 11.3 Å². The van der Waals surface area contributed by atoms with Crippen LogP contribution in [0.5, 0.6) is 0 Å². The molecule has 0 aliphatic carbocycles. The van der Waals surface area contributed by atoms with Crippen LogP contribution in [-0.4, -0.2) is 48.1 Å². The number of amides is 3. The molecule has 0 bridgehead atoms. The number of rotatable bonds is 3. The molecule has 3 amide bonds. The van der Waals surface area contributed by atoms with Crippen LogP contribution in [0.2, 0.25) is 0 Å². The molecule has 2 aliphatic rings. The molecule has 0 saturated carbocycles. The lowest BCUT2D eigenvalue weighted by molar-refractivity contribution is -0.124. The number of anilines is 2. The lowest BCUT2D eigenvalue weighted by atomic mass is 9.71. The van der Waals surface area contributed by atoms with E-state index in [4.69, 9.17) is 4.74 Å². The van der Waals surface area contributed by atoms with Crippen LogP contribution in [0, 0.1) is 17.2 Å². The number of pyridine rings is 1. The van der Waals surface area contributed by atoms with E-state index < -0.39 is 0 Å². The molecule has 0 radical (unpaired) electrons. The van der Waals surface area contributed by atoms with E-state index >= 15 is 0 Å². The van der Waals surface area contributed by atoms with E-state index in [0.717, 1.165) is 12.8 Å². The van der Waals surface area contributed by atoms with Crippen molar-refractivity contribution in [1.82, 2.24) is 9.88 Å². The number of ether oxygens (including phenoxy) is 1. The Morgan fingerprint density at radius 2 is 1.86 bits per heavy atom. The van der Waals surface area contributed by atoms with Gasteiger partial charge in [0.25, 0.3) is 0 Å². The molecular weight excluding hydrogens is 375 g/mol. The van der Waals surface area contributed by atoms with Crippen LogP contribution in [-0.2, 0) is 9.53 Å². The number of benzene rings is 1. The first-order valence-corrected chi connectivity index (χ1v) is 9.66. The van der Waals surface area contributed by atoms with Crippen LogP contribution >= 0.6 is 0 Å². The first-order valence-electron chi connectivity index (χ1n) is 9.66. The predicted octanol–water partition coefficient (Wildman–Crippen LogP) is 3.12. The van der Waals surface area contributed by atoms with Gasteiger partial charge in [0.2, 0.25) is 5.91 Å². The second-order valence-electron chi connectivity index (χ2n) is 7.58. The van der Waals surface area contributed by atoms with E-state index in [0.29, 0.717) is 37.7 Å². The lowest BCUT2D eigenvalue weighted by Gasteiger charge is -2.37. The number of carbonyl (C=O) groups is 2. The zero-order valence-corrected chi connectivity index (χ0v) is 15.9. The first kappa shape index (κ1) is 19.3. The smallest absolute Gasteiger partial charge is 0.321 e. The van der Waals surface area contributed by atoms with E-state index in [1.165, 1.54) is 24.3 Å². The molecule has 4 rings (SSSR count). The quantitative estimate of drug-likeness (QED) is 0.832.